The summed E-state index contributed by atoms with van der Waals surface area (Å²) in [5.74, 6) is 2.31. The summed E-state index contributed by atoms with van der Waals surface area (Å²) in [6.07, 6.45) is 11.3. The van der Waals surface area contributed by atoms with E-state index in [9.17, 15) is 14.4 Å². The van der Waals surface area contributed by atoms with Crippen LogP contribution < -0.4 is 14.5 Å². The van der Waals surface area contributed by atoms with E-state index in [0.717, 1.165) is 65.7 Å². The lowest BCUT2D eigenvalue weighted by Gasteiger charge is -2.34. The number of nitrogens with zero attached hydrogens (tertiary/aromatic N) is 3. The first-order valence-electron chi connectivity index (χ1n) is 16.3. The van der Waals surface area contributed by atoms with Gasteiger partial charge in [-0.2, -0.15) is 0 Å². The maximum Gasteiger partial charge on any atom is 0.333 e. The van der Waals surface area contributed by atoms with Gasteiger partial charge < -0.3 is 4.74 Å². The number of anilines is 3. The third kappa shape index (κ3) is 6.36. The molecule has 3 heterocycles. The number of allylic oxidation sites excluding steroid dienone is 2. The first kappa shape index (κ1) is 31.7. The van der Waals surface area contributed by atoms with Gasteiger partial charge in [-0.1, -0.05) is 51.0 Å². The number of ketones is 2. The van der Waals surface area contributed by atoms with Crippen molar-refractivity contribution in [3.05, 3.63) is 83.4 Å². The molecule has 8 heteroatoms. The fraction of sp³-hybridized carbons (Fsp3) is 0.368. The second kappa shape index (κ2) is 13.6. The molecule has 4 aromatic rings. The topological polar surface area (TPSA) is 79.8 Å². The number of urea groups is 1. The molecule has 6 rings (SSSR count). The lowest BCUT2D eigenvalue weighted by Crippen LogP contribution is -2.42. The van der Waals surface area contributed by atoms with Crippen molar-refractivity contribution in [1.82, 2.24) is 4.98 Å². The number of aryl methyl sites for hydroxylation is 1. The van der Waals surface area contributed by atoms with Crippen molar-refractivity contribution in [2.24, 2.45) is 17.8 Å². The fourth-order valence-electron chi connectivity index (χ4n) is 6.64. The summed E-state index contributed by atoms with van der Waals surface area (Å²) in [6.45, 7) is 6.32. The van der Waals surface area contributed by atoms with E-state index < -0.39 is 0 Å². The van der Waals surface area contributed by atoms with E-state index in [1.54, 1.807) is 29.1 Å². The molecule has 0 bridgehead atoms. The number of hydrogen-bond acceptors (Lipinski definition) is 6. The van der Waals surface area contributed by atoms with E-state index in [1.807, 2.05) is 67.6 Å². The zero-order valence-electron chi connectivity index (χ0n) is 27.0. The molecule has 0 radical (unpaired) electrons. The molecule has 46 heavy (non-hydrogen) atoms. The van der Waals surface area contributed by atoms with Crippen molar-refractivity contribution in [2.75, 3.05) is 16.8 Å². The highest BCUT2D eigenvalue weighted by Crippen LogP contribution is 2.49. The van der Waals surface area contributed by atoms with Crippen LogP contribution in [0, 0.1) is 24.7 Å². The maximum atomic E-state index is 14.0. The van der Waals surface area contributed by atoms with Gasteiger partial charge in [0, 0.05) is 25.6 Å². The molecule has 0 saturated heterocycles. The number of carbonyl (C=O) groups excluding carboxylic acids is 3. The van der Waals surface area contributed by atoms with Crippen LogP contribution in [0.15, 0.2) is 72.9 Å². The number of Topliss-reactive ketones (excluding diaryl/α,β-unsaturated/α-hetero) is 1. The maximum absolute atomic E-state index is 14.0. The van der Waals surface area contributed by atoms with E-state index >= 15 is 0 Å². The van der Waals surface area contributed by atoms with Crippen LogP contribution in [0.2, 0.25) is 0 Å². The molecule has 2 aromatic carbocycles. The van der Waals surface area contributed by atoms with Gasteiger partial charge in [0.25, 0.3) is 0 Å². The molecule has 1 aliphatic heterocycles. The Morgan fingerprint density at radius 3 is 2.65 bits per heavy atom. The van der Waals surface area contributed by atoms with Crippen LogP contribution >= 0.6 is 11.3 Å². The predicted octanol–water partition coefficient (Wildman–Crippen LogP) is 10.0. The molecule has 2 aliphatic rings. The first-order valence-corrected chi connectivity index (χ1v) is 17.1. The number of pyridine rings is 1. The first-order chi connectivity index (χ1) is 22.2. The van der Waals surface area contributed by atoms with Gasteiger partial charge in [0.05, 0.1) is 27.3 Å². The number of rotatable bonds is 11. The Bertz CT molecular complexity index is 1800. The van der Waals surface area contributed by atoms with Crippen LogP contribution in [0.25, 0.3) is 10.2 Å². The number of thiophene rings is 1. The zero-order chi connectivity index (χ0) is 32.4. The Hall–Kier alpha value is -4.30. The van der Waals surface area contributed by atoms with Gasteiger partial charge in [0.1, 0.15) is 16.3 Å². The molecule has 1 fully saturated rings. The summed E-state index contributed by atoms with van der Waals surface area (Å²) in [4.78, 5) is 50.1. The number of para-hydroxylation sites is 1. The average Bonchev–Trinajstić information content (AvgIpc) is 3.46. The monoisotopic (exact) mass is 635 g/mol. The molecule has 7 nitrogen and oxygen atoms in total. The van der Waals surface area contributed by atoms with E-state index in [2.05, 4.69) is 18.8 Å². The molecule has 2 amide bonds. The molecule has 1 saturated carbocycles. The third-order valence-corrected chi connectivity index (χ3v) is 10.5. The summed E-state index contributed by atoms with van der Waals surface area (Å²) in [5, 5.41) is 0.810. The Morgan fingerprint density at radius 1 is 1.09 bits per heavy atom. The highest BCUT2D eigenvalue weighted by Gasteiger charge is 2.38. The molecular formula is C38H41N3O4S. The molecule has 238 valence electrons. The van der Waals surface area contributed by atoms with Gasteiger partial charge in [0.15, 0.2) is 11.6 Å². The number of ether oxygens (including phenoxy) is 1. The van der Waals surface area contributed by atoms with Crippen molar-refractivity contribution in [2.45, 2.75) is 65.7 Å². The van der Waals surface area contributed by atoms with Crippen molar-refractivity contribution in [1.29, 1.82) is 0 Å². The van der Waals surface area contributed by atoms with Crippen LogP contribution in [0.4, 0.5) is 21.9 Å². The minimum atomic E-state index is -0.236. The number of hydrogen-bond donors (Lipinski definition) is 0. The van der Waals surface area contributed by atoms with Crippen LogP contribution in [0.1, 0.15) is 74.0 Å². The van der Waals surface area contributed by atoms with E-state index in [1.165, 1.54) is 11.3 Å². The summed E-state index contributed by atoms with van der Waals surface area (Å²) in [7, 11) is 1.73. The van der Waals surface area contributed by atoms with Gasteiger partial charge in [-0.3, -0.25) is 19.4 Å². The lowest BCUT2D eigenvalue weighted by atomic mass is 9.77. The summed E-state index contributed by atoms with van der Waals surface area (Å²) >= 11 is 1.35. The predicted molar refractivity (Wildman–Crippen MR) is 186 cm³/mol. The smallest absolute Gasteiger partial charge is 0.333 e. The van der Waals surface area contributed by atoms with Gasteiger partial charge in [-0.05, 0) is 92.5 Å². The summed E-state index contributed by atoms with van der Waals surface area (Å²) in [5.41, 5.74) is 2.97. The van der Waals surface area contributed by atoms with Crippen LogP contribution in [-0.4, -0.2) is 29.6 Å². The quantitative estimate of drug-likeness (QED) is 0.121. The van der Waals surface area contributed by atoms with Crippen LogP contribution in [0.3, 0.4) is 0 Å². The molecule has 2 aromatic heterocycles. The zero-order valence-corrected chi connectivity index (χ0v) is 27.8. The largest absolute Gasteiger partial charge is 0.457 e. The highest BCUT2D eigenvalue weighted by molar-refractivity contribution is 7.21. The average molecular weight is 636 g/mol. The molecule has 3 atom stereocenters. The highest BCUT2D eigenvalue weighted by atomic mass is 32.1. The lowest BCUT2D eigenvalue weighted by molar-refractivity contribution is -0.119. The second-order valence-corrected chi connectivity index (χ2v) is 13.7. The van der Waals surface area contributed by atoms with Crippen molar-refractivity contribution >= 4 is 56.2 Å². The number of benzene rings is 2. The van der Waals surface area contributed by atoms with Crippen LogP contribution in [-0.2, 0) is 4.79 Å². The number of carbonyl (C=O) groups is 3. The fourth-order valence-corrected chi connectivity index (χ4v) is 7.79. The normalized spacial score (nSPS) is 18.7. The van der Waals surface area contributed by atoms with Crippen molar-refractivity contribution in [3.63, 3.8) is 0 Å². The minimum Gasteiger partial charge on any atom is -0.457 e. The van der Waals surface area contributed by atoms with E-state index in [-0.39, 0.29) is 29.4 Å². The third-order valence-electron chi connectivity index (χ3n) is 9.42. The number of amides is 2. The molecule has 2 unspecified atom stereocenters. The standard InChI is InChI=1S/C38H41N3O4S/c1-5-24(2)11-9-16-32(42)27-13-10-12-26(22-27)23-33(43)36-35-34-31(19-20-39-37(34)46-36)41(38(44)40(35)4)30-18-17-29(21-25(30)3)45-28-14-7-6-8-15-28/h6-9,14-21,24,26-27H,5,10-13,22-23H2,1-4H3/b16-9+/t24?,26-,27?/m1/s1. The Morgan fingerprint density at radius 2 is 1.89 bits per heavy atom. The van der Waals surface area contributed by atoms with Gasteiger partial charge >= 0.3 is 6.03 Å². The molecule has 0 N–H and O–H groups in total. The SMILES string of the molecule is CCC(C)C/C=C/C(=O)C1CCC[C@@H](CC(=O)c2sc3nccc4c3c2N(C)C(=O)N4c2ccc(Oc3ccccc3)cc2C)C1. The molecular weight excluding hydrogens is 595 g/mol. The molecule has 1 aliphatic carbocycles. The van der Waals surface area contributed by atoms with Crippen LogP contribution in [0.5, 0.6) is 11.5 Å². The molecule has 0 spiro atoms. The van der Waals surface area contributed by atoms with Gasteiger partial charge in [-0.25, -0.2) is 9.78 Å². The summed E-state index contributed by atoms with van der Waals surface area (Å²) < 4.78 is 6.02. The van der Waals surface area contributed by atoms with E-state index in [4.69, 9.17) is 4.74 Å². The Balaban J connectivity index is 1.24. The Kier molecular flexibility index (Phi) is 9.36. The minimum absolute atomic E-state index is 0.0149. The second-order valence-electron chi connectivity index (χ2n) is 12.7. The Labute approximate surface area is 274 Å². The van der Waals surface area contributed by atoms with E-state index in [0.29, 0.717) is 34.3 Å². The van der Waals surface area contributed by atoms with Gasteiger partial charge in [-0.15, -0.1) is 11.3 Å². The van der Waals surface area contributed by atoms with Crippen molar-refractivity contribution < 1.29 is 19.1 Å². The van der Waals surface area contributed by atoms with Crippen molar-refractivity contribution in [3.8, 4) is 11.5 Å². The van der Waals surface area contributed by atoms with Gasteiger partial charge in [0.2, 0.25) is 0 Å². The number of aromatic nitrogens is 1. The summed E-state index contributed by atoms with van der Waals surface area (Å²) in [6, 6.07) is 16.9.